The van der Waals surface area contributed by atoms with Gasteiger partial charge in [0.15, 0.2) is 5.16 Å². The van der Waals surface area contributed by atoms with E-state index in [-0.39, 0.29) is 10.6 Å². The first kappa shape index (κ1) is 13.6. The standard InChI is InChI=1S/C14H12N4O2S/c1-9-12(15-7-6-13(9)18(19)20)8-21-14-16-10-4-2-3-5-11(10)17-14/h2-7H,8H2,1H3,(H,16,17). The lowest BCUT2D eigenvalue weighted by Gasteiger charge is -2.03. The first-order valence-corrected chi connectivity index (χ1v) is 7.30. The molecule has 21 heavy (non-hydrogen) atoms. The second-order valence-corrected chi connectivity index (χ2v) is 5.47. The molecule has 0 spiro atoms. The zero-order valence-electron chi connectivity index (χ0n) is 11.2. The molecule has 2 aromatic heterocycles. The number of nitrogens with one attached hydrogen (secondary N) is 1. The molecule has 3 rings (SSSR count). The Labute approximate surface area is 124 Å². The highest BCUT2D eigenvalue weighted by molar-refractivity contribution is 7.98. The van der Waals surface area contributed by atoms with Gasteiger partial charge in [-0.05, 0) is 19.1 Å². The van der Waals surface area contributed by atoms with Crippen LogP contribution in [0, 0.1) is 17.0 Å². The number of hydrogen-bond acceptors (Lipinski definition) is 5. The zero-order valence-corrected chi connectivity index (χ0v) is 12.1. The zero-order chi connectivity index (χ0) is 14.8. The molecule has 1 N–H and O–H groups in total. The van der Waals surface area contributed by atoms with Crippen LogP contribution in [0.3, 0.4) is 0 Å². The fourth-order valence-corrected chi connectivity index (χ4v) is 2.95. The van der Waals surface area contributed by atoms with Gasteiger partial charge in [-0.1, -0.05) is 23.9 Å². The Bertz CT molecular complexity index is 783. The Morgan fingerprint density at radius 2 is 2.14 bits per heavy atom. The predicted octanol–water partition coefficient (Wildman–Crippen LogP) is 3.47. The van der Waals surface area contributed by atoms with Gasteiger partial charge in [0, 0.05) is 23.6 Å². The number of aromatic nitrogens is 3. The van der Waals surface area contributed by atoms with Crippen LogP contribution in [0.4, 0.5) is 5.69 Å². The minimum absolute atomic E-state index is 0.102. The summed E-state index contributed by atoms with van der Waals surface area (Å²) in [6.07, 6.45) is 1.47. The van der Waals surface area contributed by atoms with Crippen molar-refractivity contribution < 1.29 is 4.92 Å². The van der Waals surface area contributed by atoms with Crippen LogP contribution >= 0.6 is 11.8 Å². The Morgan fingerprint density at radius 3 is 2.90 bits per heavy atom. The number of H-pyrrole nitrogens is 1. The maximum Gasteiger partial charge on any atom is 0.275 e. The molecular formula is C14H12N4O2S. The SMILES string of the molecule is Cc1c([N+](=O)[O-])ccnc1CSc1nc2ccccc2[nH]1. The van der Waals surface area contributed by atoms with Crippen molar-refractivity contribution in [3.8, 4) is 0 Å². The third kappa shape index (κ3) is 2.73. The minimum Gasteiger partial charge on any atom is -0.333 e. The number of hydrogen-bond donors (Lipinski definition) is 1. The van der Waals surface area contributed by atoms with Gasteiger partial charge in [0.1, 0.15) is 0 Å². The average Bonchev–Trinajstić information content (AvgIpc) is 2.88. The summed E-state index contributed by atoms with van der Waals surface area (Å²) in [4.78, 5) is 22.4. The van der Waals surface area contributed by atoms with Crippen molar-refractivity contribution in [2.75, 3.05) is 0 Å². The van der Waals surface area contributed by atoms with E-state index >= 15 is 0 Å². The molecule has 0 aliphatic rings. The van der Waals surface area contributed by atoms with E-state index in [0.717, 1.165) is 16.2 Å². The lowest BCUT2D eigenvalue weighted by Crippen LogP contribution is -1.98. The van der Waals surface area contributed by atoms with E-state index in [9.17, 15) is 10.1 Å². The van der Waals surface area contributed by atoms with Crippen LogP contribution in [0.1, 0.15) is 11.3 Å². The number of imidazole rings is 1. The van der Waals surface area contributed by atoms with Gasteiger partial charge in [-0.25, -0.2) is 4.98 Å². The van der Waals surface area contributed by atoms with E-state index in [2.05, 4.69) is 15.0 Å². The van der Waals surface area contributed by atoms with Crippen LogP contribution in [0.5, 0.6) is 0 Å². The second kappa shape index (κ2) is 5.53. The van der Waals surface area contributed by atoms with Crippen molar-refractivity contribution in [1.29, 1.82) is 0 Å². The molecule has 7 heteroatoms. The van der Waals surface area contributed by atoms with Gasteiger partial charge in [-0.15, -0.1) is 0 Å². The van der Waals surface area contributed by atoms with Gasteiger partial charge >= 0.3 is 0 Å². The van der Waals surface area contributed by atoms with E-state index in [0.29, 0.717) is 17.0 Å². The van der Waals surface area contributed by atoms with Crippen molar-refractivity contribution in [2.45, 2.75) is 17.8 Å². The van der Waals surface area contributed by atoms with E-state index in [1.807, 2.05) is 24.3 Å². The number of benzene rings is 1. The topological polar surface area (TPSA) is 84.7 Å². The van der Waals surface area contributed by atoms with E-state index < -0.39 is 0 Å². The van der Waals surface area contributed by atoms with Crippen molar-refractivity contribution in [2.24, 2.45) is 0 Å². The first-order chi connectivity index (χ1) is 10.1. The fraction of sp³-hybridized carbons (Fsp3) is 0.143. The average molecular weight is 300 g/mol. The Hall–Kier alpha value is -2.41. The molecule has 6 nitrogen and oxygen atoms in total. The number of nitrogens with zero attached hydrogens (tertiary/aromatic N) is 3. The number of rotatable bonds is 4. The molecule has 0 saturated carbocycles. The van der Waals surface area contributed by atoms with Gasteiger partial charge in [0.05, 0.1) is 21.7 Å². The third-order valence-electron chi connectivity index (χ3n) is 3.19. The molecule has 0 saturated heterocycles. The largest absolute Gasteiger partial charge is 0.333 e. The van der Waals surface area contributed by atoms with Crippen LogP contribution in [0.2, 0.25) is 0 Å². The summed E-state index contributed by atoms with van der Waals surface area (Å²) in [7, 11) is 0. The smallest absolute Gasteiger partial charge is 0.275 e. The Morgan fingerprint density at radius 1 is 1.33 bits per heavy atom. The maximum atomic E-state index is 10.9. The van der Waals surface area contributed by atoms with Gasteiger partial charge in [0.25, 0.3) is 5.69 Å². The molecule has 0 bridgehead atoms. The quantitative estimate of drug-likeness (QED) is 0.453. The maximum absolute atomic E-state index is 10.9. The molecule has 0 fully saturated rings. The third-order valence-corrected chi connectivity index (χ3v) is 4.07. The van der Waals surface area contributed by atoms with Gasteiger partial charge in [-0.3, -0.25) is 15.1 Å². The summed E-state index contributed by atoms with van der Waals surface area (Å²) in [5, 5.41) is 11.7. The first-order valence-electron chi connectivity index (χ1n) is 6.31. The molecule has 0 radical (unpaired) electrons. The predicted molar refractivity (Wildman–Crippen MR) is 81.3 cm³/mol. The molecule has 0 atom stereocenters. The molecule has 2 heterocycles. The summed E-state index contributed by atoms with van der Waals surface area (Å²) in [6.45, 7) is 1.72. The fourth-order valence-electron chi connectivity index (χ4n) is 2.05. The molecule has 0 amide bonds. The normalized spacial score (nSPS) is 10.9. The molecular weight excluding hydrogens is 288 g/mol. The van der Waals surface area contributed by atoms with Crippen LogP contribution in [0.25, 0.3) is 11.0 Å². The molecule has 0 unspecified atom stereocenters. The Balaban J connectivity index is 1.81. The summed E-state index contributed by atoms with van der Waals surface area (Å²) in [5.74, 6) is 0.535. The summed E-state index contributed by atoms with van der Waals surface area (Å²) < 4.78 is 0. The van der Waals surface area contributed by atoms with Crippen LogP contribution in [-0.4, -0.2) is 19.9 Å². The lowest BCUT2D eigenvalue weighted by atomic mass is 10.2. The number of fused-ring (bicyclic) bond motifs is 1. The van der Waals surface area contributed by atoms with Crippen LogP contribution < -0.4 is 0 Å². The number of aromatic amines is 1. The molecule has 0 aliphatic heterocycles. The van der Waals surface area contributed by atoms with Crippen molar-refractivity contribution in [1.82, 2.24) is 15.0 Å². The Kier molecular flexibility index (Phi) is 3.57. The number of nitro groups is 1. The highest BCUT2D eigenvalue weighted by atomic mass is 32.2. The van der Waals surface area contributed by atoms with E-state index in [1.54, 1.807) is 6.92 Å². The van der Waals surface area contributed by atoms with Gasteiger partial charge in [-0.2, -0.15) is 0 Å². The molecule has 0 aliphatic carbocycles. The molecule has 3 aromatic rings. The summed E-state index contributed by atoms with van der Waals surface area (Å²) in [5.41, 5.74) is 3.29. The van der Waals surface area contributed by atoms with Crippen LogP contribution in [0.15, 0.2) is 41.7 Å². The molecule has 1 aromatic carbocycles. The van der Waals surface area contributed by atoms with Crippen molar-refractivity contribution >= 4 is 28.5 Å². The van der Waals surface area contributed by atoms with Crippen molar-refractivity contribution in [3.63, 3.8) is 0 Å². The summed E-state index contributed by atoms with van der Waals surface area (Å²) >= 11 is 1.48. The molecule has 106 valence electrons. The van der Waals surface area contributed by atoms with Gasteiger partial charge < -0.3 is 4.98 Å². The van der Waals surface area contributed by atoms with Crippen molar-refractivity contribution in [3.05, 3.63) is 57.9 Å². The van der Waals surface area contributed by atoms with Crippen LogP contribution in [-0.2, 0) is 5.75 Å². The highest BCUT2D eigenvalue weighted by Crippen LogP contribution is 2.26. The lowest BCUT2D eigenvalue weighted by molar-refractivity contribution is -0.385. The summed E-state index contributed by atoms with van der Waals surface area (Å²) in [6, 6.07) is 9.20. The number of pyridine rings is 1. The number of para-hydroxylation sites is 2. The van der Waals surface area contributed by atoms with E-state index in [4.69, 9.17) is 0 Å². The second-order valence-electron chi connectivity index (χ2n) is 4.51. The highest BCUT2D eigenvalue weighted by Gasteiger charge is 2.15. The van der Waals surface area contributed by atoms with E-state index in [1.165, 1.54) is 24.0 Å². The minimum atomic E-state index is -0.383. The monoisotopic (exact) mass is 300 g/mol. The number of thioether (sulfide) groups is 1. The van der Waals surface area contributed by atoms with Gasteiger partial charge in [0.2, 0.25) is 0 Å².